The van der Waals surface area contributed by atoms with E-state index in [1.807, 2.05) is 12.1 Å². The van der Waals surface area contributed by atoms with Crippen molar-refractivity contribution in [3.8, 4) is 0 Å². The van der Waals surface area contributed by atoms with Gasteiger partial charge in [0.1, 0.15) is 0 Å². The van der Waals surface area contributed by atoms with Crippen LogP contribution in [0, 0.1) is 0 Å². The topological polar surface area (TPSA) is 75.0 Å². The number of H-pyrrole nitrogens is 1. The lowest BCUT2D eigenvalue weighted by Gasteiger charge is -2.27. The summed E-state index contributed by atoms with van der Waals surface area (Å²) in [5.41, 5.74) is 7.95. The van der Waals surface area contributed by atoms with Crippen molar-refractivity contribution in [2.75, 3.05) is 12.3 Å². The van der Waals surface area contributed by atoms with Crippen molar-refractivity contribution in [2.24, 2.45) is 0 Å². The van der Waals surface area contributed by atoms with E-state index in [1.54, 1.807) is 6.07 Å². The van der Waals surface area contributed by atoms with E-state index in [2.05, 4.69) is 14.9 Å². The molecule has 3 N–H and O–H groups in total. The van der Waals surface area contributed by atoms with Gasteiger partial charge in [-0.15, -0.1) is 0 Å². The van der Waals surface area contributed by atoms with E-state index in [9.17, 15) is 4.79 Å². The van der Waals surface area contributed by atoms with Gasteiger partial charge in [-0.2, -0.15) is 0 Å². The molecule has 0 spiro atoms. The lowest BCUT2D eigenvalue weighted by atomic mass is 10.1. The second-order valence-corrected chi connectivity index (χ2v) is 5.90. The standard InChI is InChI=1S/C14H14Cl2N4O/c15-10-2-1-8(5-11(10)16)6-20-4-3-12-9(7-20)13(21)19-14(17)18-12/h1-2,5H,3-4,6-7H2,(H3,17,18,19,21). The molecule has 1 aromatic heterocycles. The first kappa shape index (κ1) is 14.4. The molecule has 0 bridgehead atoms. The fraction of sp³-hybridized carbons (Fsp3) is 0.286. The van der Waals surface area contributed by atoms with E-state index in [0.717, 1.165) is 17.8 Å². The zero-order valence-electron chi connectivity index (χ0n) is 11.2. The van der Waals surface area contributed by atoms with E-state index >= 15 is 0 Å². The molecule has 21 heavy (non-hydrogen) atoms. The average Bonchev–Trinajstić information content (AvgIpc) is 2.43. The molecule has 0 aliphatic carbocycles. The Bertz CT molecular complexity index is 744. The number of anilines is 1. The van der Waals surface area contributed by atoms with Crippen LogP contribution in [0.2, 0.25) is 10.0 Å². The van der Waals surface area contributed by atoms with Crippen molar-refractivity contribution >= 4 is 29.2 Å². The molecule has 0 radical (unpaired) electrons. The highest BCUT2D eigenvalue weighted by Gasteiger charge is 2.20. The Morgan fingerprint density at radius 2 is 2.14 bits per heavy atom. The van der Waals surface area contributed by atoms with Gasteiger partial charge in [0.2, 0.25) is 5.95 Å². The number of nitrogens with zero attached hydrogens (tertiary/aromatic N) is 2. The second kappa shape index (κ2) is 5.67. The number of halogens is 2. The fourth-order valence-corrected chi connectivity index (χ4v) is 2.85. The Balaban J connectivity index is 1.80. The molecule has 7 heteroatoms. The van der Waals surface area contributed by atoms with Gasteiger partial charge in [0.15, 0.2) is 0 Å². The van der Waals surface area contributed by atoms with Crippen LogP contribution in [-0.2, 0) is 19.5 Å². The molecule has 0 saturated heterocycles. The summed E-state index contributed by atoms with van der Waals surface area (Å²) in [6, 6.07) is 5.58. The molecule has 0 unspecified atom stereocenters. The number of nitrogen functional groups attached to an aromatic ring is 1. The Morgan fingerprint density at radius 1 is 1.33 bits per heavy atom. The maximum Gasteiger partial charge on any atom is 0.257 e. The largest absolute Gasteiger partial charge is 0.369 e. The minimum absolute atomic E-state index is 0.156. The minimum Gasteiger partial charge on any atom is -0.369 e. The molecular weight excluding hydrogens is 311 g/mol. The Kier molecular flexibility index (Phi) is 3.89. The van der Waals surface area contributed by atoms with E-state index in [1.165, 1.54) is 0 Å². The van der Waals surface area contributed by atoms with E-state index in [-0.39, 0.29) is 11.5 Å². The number of nitrogens with one attached hydrogen (secondary N) is 1. The van der Waals surface area contributed by atoms with Crippen molar-refractivity contribution < 1.29 is 0 Å². The van der Waals surface area contributed by atoms with Gasteiger partial charge in [-0.05, 0) is 17.7 Å². The summed E-state index contributed by atoms with van der Waals surface area (Å²) in [4.78, 5) is 20.9. The van der Waals surface area contributed by atoms with E-state index < -0.39 is 0 Å². The lowest BCUT2D eigenvalue weighted by molar-refractivity contribution is 0.242. The van der Waals surface area contributed by atoms with Gasteiger partial charge < -0.3 is 5.73 Å². The zero-order chi connectivity index (χ0) is 15.0. The van der Waals surface area contributed by atoms with E-state index in [0.29, 0.717) is 35.1 Å². The van der Waals surface area contributed by atoms with Crippen LogP contribution in [0.25, 0.3) is 0 Å². The van der Waals surface area contributed by atoms with Crippen LogP contribution >= 0.6 is 23.2 Å². The maximum atomic E-state index is 11.9. The molecule has 110 valence electrons. The van der Waals surface area contributed by atoms with Gasteiger partial charge in [-0.25, -0.2) is 4.98 Å². The second-order valence-electron chi connectivity index (χ2n) is 5.09. The van der Waals surface area contributed by atoms with Gasteiger partial charge in [0.25, 0.3) is 5.56 Å². The number of hydrogen-bond acceptors (Lipinski definition) is 4. The molecule has 0 saturated carbocycles. The van der Waals surface area contributed by atoms with Crippen LogP contribution in [0.3, 0.4) is 0 Å². The Labute approximate surface area is 131 Å². The molecule has 1 aliphatic heterocycles. The van der Waals surface area contributed by atoms with Crippen molar-refractivity contribution in [2.45, 2.75) is 19.5 Å². The van der Waals surface area contributed by atoms with Gasteiger partial charge in [0, 0.05) is 26.1 Å². The quantitative estimate of drug-likeness (QED) is 0.888. The summed E-state index contributed by atoms with van der Waals surface area (Å²) < 4.78 is 0. The summed E-state index contributed by atoms with van der Waals surface area (Å²) in [6.07, 6.45) is 0.713. The molecule has 3 rings (SSSR count). The summed E-state index contributed by atoms with van der Waals surface area (Å²) in [5, 5.41) is 1.08. The molecule has 0 atom stereocenters. The normalized spacial score (nSPS) is 15.0. The lowest BCUT2D eigenvalue weighted by Crippen LogP contribution is -2.35. The minimum atomic E-state index is -0.156. The average molecular weight is 325 g/mol. The Hall–Kier alpha value is -1.56. The van der Waals surface area contributed by atoms with Crippen LogP contribution in [0.5, 0.6) is 0 Å². The van der Waals surface area contributed by atoms with Gasteiger partial charge in [0.05, 0.1) is 21.3 Å². The maximum absolute atomic E-state index is 11.9. The van der Waals surface area contributed by atoms with Crippen molar-refractivity contribution in [1.29, 1.82) is 0 Å². The summed E-state index contributed by atoms with van der Waals surface area (Å²) in [5.74, 6) is 0.177. The third kappa shape index (κ3) is 3.05. The summed E-state index contributed by atoms with van der Waals surface area (Å²) in [6.45, 7) is 2.08. The monoisotopic (exact) mass is 324 g/mol. The van der Waals surface area contributed by atoms with Gasteiger partial charge >= 0.3 is 0 Å². The van der Waals surface area contributed by atoms with Crippen LogP contribution in [0.4, 0.5) is 5.95 Å². The van der Waals surface area contributed by atoms with Crippen molar-refractivity contribution in [3.63, 3.8) is 0 Å². The smallest absolute Gasteiger partial charge is 0.257 e. The molecule has 0 fully saturated rings. The molecule has 0 amide bonds. The number of rotatable bonds is 2. The Morgan fingerprint density at radius 3 is 2.90 bits per heavy atom. The predicted molar refractivity (Wildman–Crippen MR) is 83.6 cm³/mol. The van der Waals surface area contributed by atoms with Crippen LogP contribution in [0.15, 0.2) is 23.0 Å². The zero-order valence-corrected chi connectivity index (χ0v) is 12.7. The number of aromatic nitrogens is 2. The molecule has 1 aromatic carbocycles. The fourth-order valence-electron chi connectivity index (χ4n) is 2.53. The van der Waals surface area contributed by atoms with Crippen molar-refractivity contribution in [3.05, 3.63) is 55.4 Å². The SMILES string of the molecule is Nc1nc2c(c(=O)[nH]1)CN(Cc1ccc(Cl)c(Cl)c1)CC2. The van der Waals surface area contributed by atoms with Gasteiger partial charge in [-0.3, -0.25) is 14.7 Å². The van der Waals surface area contributed by atoms with Crippen LogP contribution in [0.1, 0.15) is 16.8 Å². The first-order chi connectivity index (χ1) is 10.0. The first-order valence-corrected chi connectivity index (χ1v) is 7.32. The number of fused-ring (bicyclic) bond motifs is 1. The van der Waals surface area contributed by atoms with Gasteiger partial charge in [-0.1, -0.05) is 29.3 Å². The predicted octanol–water partition coefficient (Wildman–Crippen LogP) is 2.22. The van der Waals surface area contributed by atoms with Crippen molar-refractivity contribution in [1.82, 2.24) is 14.9 Å². The molecule has 5 nitrogen and oxygen atoms in total. The number of benzene rings is 1. The molecule has 2 aromatic rings. The highest BCUT2D eigenvalue weighted by atomic mass is 35.5. The molecule has 1 aliphatic rings. The molecular formula is C14H14Cl2N4O. The first-order valence-electron chi connectivity index (χ1n) is 6.57. The van der Waals surface area contributed by atoms with E-state index in [4.69, 9.17) is 28.9 Å². The summed E-state index contributed by atoms with van der Waals surface area (Å²) >= 11 is 11.9. The third-order valence-corrected chi connectivity index (χ3v) is 4.30. The highest BCUT2D eigenvalue weighted by Crippen LogP contribution is 2.24. The summed E-state index contributed by atoms with van der Waals surface area (Å²) in [7, 11) is 0. The molecule has 2 heterocycles. The number of hydrogen-bond donors (Lipinski definition) is 2. The van der Waals surface area contributed by atoms with Crippen LogP contribution in [-0.4, -0.2) is 21.4 Å². The van der Waals surface area contributed by atoms with Crippen LogP contribution < -0.4 is 11.3 Å². The third-order valence-electron chi connectivity index (χ3n) is 3.56. The number of nitrogens with two attached hydrogens (primary N) is 1. The number of aromatic amines is 1. The highest BCUT2D eigenvalue weighted by molar-refractivity contribution is 6.42.